The molecular formula is C15H31N3O. The second kappa shape index (κ2) is 8.54. The van der Waals surface area contributed by atoms with Crippen molar-refractivity contribution in [3.05, 3.63) is 0 Å². The predicted molar refractivity (Wildman–Crippen MR) is 80.2 cm³/mol. The zero-order valence-corrected chi connectivity index (χ0v) is 13.0. The van der Waals surface area contributed by atoms with Gasteiger partial charge in [-0.1, -0.05) is 20.3 Å². The van der Waals surface area contributed by atoms with Gasteiger partial charge in [-0.25, -0.2) is 0 Å². The number of hydrogen-bond donors (Lipinski definition) is 2. The van der Waals surface area contributed by atoms with Gasteiger partial charge in [0.15, 0.2) is 0 Å². The molecule has 0 aromatic heterocycles. The lowest BCUT2D eigenvalue weighted by Crippen LogP contribution is -2.46. The smallest absolute Gasteiger partial charge is 0.234 e. The van der Waals surface area contributed by atoms with E-state index in [0.29, 0.717) is 18.5 Å². The molecule has 2 unspecified atom stereocenters. The molecule has 1 fully saturated rings. The van der Waals surface area contributed by atoms with Gasteiger partial charge in [0.1, 0.15) is 0 Å². The van der Waals surface area contributed by atoms with Crippen LogP contribution in [-0.2, 0) is 4.79 Å². The zero-order chi connectivity index (χ0) is 14.3. The predicted octanol–water partition coefficient (Wildman–Crippen LogP) is 1.61. The Balaban J connectivity index is 2.13. The highest BCUT2D eigenvalue weighted by molar-refractivity contribution is 5.78. The van der Waals surface area contributed by atoms with Crippen molar-refractivity contribution in [2.75, 3.05) is 26.2 Å². The molecule has 1 saturated heterocycles. The topological polar surface area (TPSA) is 44.4 Å². The number of nitrogens with one attached hydrogen (secondary N) is 2. The maximum absolute atomic E-state index is 11.7. The summed E-state index contributed by atoms with van der Waals surface area (Å²) in [5.74, 6) is 0.586. The first-order chi connectivity index (χ1) is 9.00. The summed E-state index contributed by atoms with van der Waals surface area (Å²) in [5, 5.41) is 6.29. The summed E-state index contributed by atoms with van der Waals surface area (Å²) < 4.78 is 0. The molecule has 0 aromatic rings. The lowest BCUT2D eigenvalue weighted by atomic mass is 10.1. The molecule has 1 heterocycles. The Morgan fingerprint density at radius 2 is 1.74 bits per heavy atom. The van der Waals surface area contributed by atoms with Gasteiger partial charge in [-0.2, -0.15) is 0 Å². The van der Waals surface area contributed by atoms with Gasteiger partial charge >= 0.3 is 0 Å². The number of nitrogens with zero attached hydrogens (tertiary/aromatic N) is 1. The average molecular weight is 269 g/mol. The van der Waals surface area contributed by atoms with Crippen molar-refractivity contribution in [3.63, 3.8) is 0 Å². The largest absolute Gasteiger partial charge is 0.352 e. The van der Waals surface area contributed by atoms with E-state index >= 15 is 0 Å². The van der Waals surface area contributed by atoms with E-state index in [2.05, 4.69) is 43.2 Å². The molecule has 19 heavy (non-hydrogen) atoms. The Bertz CT molecular complexity index is 262. The molecule has 0 saturated carbocycles. The normalized spacial score (nSPS) is 20.3. The lowest BCUT2D eigenvalue weighted by molar-refractivity contribution is -0.121. The molecule has 1 aliphatic heterocycles. The van der Waals surface area contributed by atoms with Crippen LogP contribution < -0.4 is 10.6 Å². The fourth-order valence-electron chi connectivity index (χ4n) is 2.35. The van der Waals surface area contributed by atoms with Crippen LogP contribution in [0, 0.1) is 5.92 Å². The number of carbonyl (C=O) groups is 1. The number of likely N-dealkylation sites (tertiary alicyclic amines) is 1. The highest BCUT2D eigenvalue weighted by atomic mass is 16.1. The van der Waals surface area contributed by atoms with Crippen LogP contribution in [-0.4, -0.2) is 49.1 Å². The first-order valence-electron chi connectivity index (χ1n) is 7.75. The van der Waals surface area contributed by atoms with E-state index in [1.165, 1.54) is 32.4 Å². The van der Waals surface area contributed by atoms with Gasteiger partial charge in [0.2, 0.25) is 5.91 Å². The average Bonchev–Trinajstić information content (AvgIpc) is 2.39. The molecule has 2 atom stereocenters. The Kier molecular flexibility index (Phi) is 7.39. The minimum Gasteiger partial charge on any atom is -0.352 e. The number of piperidine rings is 1. The molecule has 0 spiro atoms. The minimum absolute atomic E-state index is 0.104. The van der Waals surface area contributed by atoms with Crippen molar-refractivity contribution in [1.82, 2.24) is 15.5 Å². The van der Waals surface area contributed by atoms with Gasteiger partial charge in [0.25, 0.3) is 0 Å². The zero-order valence-electron chi connectivity index (χ0n) is 13.0. The third-order valence-corrected chi connectivity index (χ3v) is 4.13. The molecule has 1 amide bonds. The lowest BCUT2D eigenvalue weighted by Gasteiger charge is -2.32. The summed E-state index contributed by atoms with van der Waals surface area (Å²) in [6, 6.07) is 0.768. The first kappa shape index (κ1) is 16.4. The SMILES string of the molecule is CC(C)C(C)NC(=O)CNCC(C)N1CCCCC1. The van der Waals surface area contributed by atoms with Crippen molar-refractivity contribution in [2.45, 2.75) is 59.0 Å². The fraction of sp³-hybridized carbons (Fsp3) is 0.933. The van der Waals surface area contributed by atoms with E-state index in [4.69, 9.17) is 0 Å². The van der Waals surface area contributed by atoms with E-state index in [-0.39, 0.29) is 11.9 Å². The molecule has 2 N–H and O–H groups in total. The molecule has 1 aliphatic rings. The van der Waals surface area contributed by atoms with E-state index < -0.39 is 0 Å². The van der Waals surface area contributed by atoms with E-state index in [9.17, 15) is 4.79 Å². The molecule has 4 nitrogen and oxygen atoms in total. The van der Waals surface area contributed by atoms with Crippen molar-refractivity contribution < 1.29 is 4.79 Å². The molecule has 1 rings (SSSR count). The number of hydrogen-bond acceptors (Lipinski definition) is 3. The number of rotatable bonds is 7. The van der Waals surface area contributed by atoms with Gasteiger partial charge in [-0.05, 0) is 45.7 Å². The molecular weight excluding hydrogens is 238 g/mol. The van der Waals surface area contributed by atoms with Crippen LogP contribution in [0.5, 0.6) is 0 Å². The van der Waals surface area contributed by atoms with E-state index in [1.807, 2.05) is 0 Å². The van der Waals surface area contributed by atoms with E-state index in [1.54, 1.807) is 0 Å². The van der Waals surface area contributed by atoms with Crippen LogP contribution in [0.1, 0.15) is 47.0 Å². The Hall–Kier alpha value is -0.610. The van der Waals surface area contributed by atoms with Crippen LogP contribution in [0.2, 0.25) is 0 Å². The minimum atomic E-state index is 0.104. The summed E-state index contributed by atoms with van der Waals surface area (Å²) in [6.45, 7) is 12.3. The highest BCUT2D eigenvalue weighted by Crippen LogP contribution is 2.11. The van der Waals surface area contributed by atoms with Crippen molar-refractivity contribution in [2.24, 2.45) is 5.92 Å². The van der Waals surface area contributed by atoms with Crippen LogP contribution in [0.25, 0.3) is 0 Å². The standard InChI is InChI=1S/C15H31N3O/c1-12(2)14(4)17-15(19)11-16-10-13(3)18-8-6-5-7-9-18/h12-14,16H,5-11H2,1-4H3,(H,17,19). The summed E-state index contributed by atoms with van der Waals surface area (Å²) >= 11 is 0. The maximum Gasteiger partial charge on any atom is 0.234 e. The fourth-order valence-corrected chi connectivity index (χ4v) is 2.35. The molecule has 4 heteroatoms. The third kappa shape index (κ3) is 6.39. The third-order valence-electron chi connectivity index (χ3n) is 4.13. The molecule has 112 valence electrons. The molecule has 0 aromatic carbocycles. The number of carbonyl (C=O) groups excluding carboxylic acids is 1. The van der Waals surface area contributed by atoms with Crippen LogP contribution >= 0.6 is 0 Å². The Labute approximate surface area is 118 Å². The van der Waals surface area contributed by atoms with Gasteiger partial charge in [0, 0.05) is 18.6 Å². The molecule has 0 radical (unpaired) electrons. The van der Waals surface area contributed by atoms with Gasteiger partial charge in [0.05, 0.1) is 6.54 Å². The van der Waals surface area contributed by atoms with Crippen molar-refractivity contribution in [3.8, 4) is 0 Å². The van der Waals surface area contributed by atoms with Crippen molar-refractivity contribution >= 4 is 5.91 Å². The first-order valence-corrected chi connectivity index (χ1v) is 7.75. The Morgan fingerprint density at radius 1 is 1.11 bits per heavy atom. The quantitative estimate of drug-likeness (QED) is 0.738. The van der Waals surface area contributed by atoms with Crippen molar-refractivity contribution in [1.29, 1.82) is 0 Å². The van der Waals surface area contributed by atoms with Crippen LogP contribution in [0.3, 0.4) is 0 Å². The molecule has 0 aliphatic carbocycles. The van der Waals surface area contributed by atoms with Gasteiger partial charge in [-0.3, -0.25) is 9.69 Å². The van der Waals surface area contributed by atoms with Gasteiger partial charge < -0.3 is 10.6 Å². The van der Waals surface area contributed by atoms with Crippen LogP contribution in [0.4, 0.5) is 0 Å². The summed E-state index contributed by atoms with van der Waals surface area (Å²) in [4.78, 5) is 14.2. The summed E-state index contributed by atoms with van der Waals surface area (Å²) in [5.41, 5.74) is 0. The maximum atomic E-state index is 11.7. The molecule has 0 bridgehead atoms. The van der Waals surface area contributed by atoms with Gasteiger partial charge in [-0.15, -0.1) is 0 Å². The summed E-state index contributed by atoms with van der Waals surface area (Å²) in [7, 11) is 0. The Morgan fingerprint density at radius 3 is 2.32 bits per heavy atom. The second-order valence-corrected chi connectivity index (χ2v) is 6.18. The van der Waals surface area contributed by atoms with Crippen LogP contribution in [0.15, 0.2) is 0 Å². The van der Waals surface area contributed by atoms with E-state index in [0.717, 1.165) is 6.54 Å². The highest BCUT2D eigenvalue weighted by Gasteiger charge is 2.16. The monoisotopic (exact) mass is 269 g/mol. The summed E-state index contributed by atoms with van der Waals surface area (Å²) in [6.07, 6.45) is 4.00. The number of amides is 1. The second-order valence-electron chi connectivity index (χ2n) is 6.18.